The van der Waals surface area contributed by atoms with Crippen LogP contribution in [0.4, 0.5) is 5.69 Å². The maximum atomic E-state index is 12.7. The summed E-state index contributed by atoms with van der Waals surface area (Å²) in [5.74, 6) is 1.15. The van der Waals surface area contributed by atoms with Crippen molar-refractivity contribution < 1.29 is 14.3 Å². The van der Waals surface area contributed by atoms with E-state index in [4.69, 9.17) is 9.47 Å². The molecule has 0 atom stereocenters. The summed E-state index contributed by atoms with van der Waals surface area (Å²) in [6.07, 6.45) is 1.52. The fourth-order valence-corrected chi connectivity index (χ4v) is 2.89. The number of carbonyl (C=O) groups excluding carboxylic acids is 1. The zero-order valence-electron chi connectivity index (χ0n) is 15.7. The smallest absolute Gasteiger partial charge is 0.259 e. The van der Waals surface area contributed by atoms with Gasteiger partial charge in [0.25, 0.3) is 5.91 Å². The summed E-state index contributed by atoms with van der Waals surface area (Å²) >= 11 is 0. The van der Waals surface area contributed by atoms with E-state index in [0.29, 0.717) is 17.7 Å². The van der Waals surface area contributed by atoms with Crippen molar-refractivity contribution in [3.8, 4) is 11.5 Å². The fourth-order valence-electron chi connectivity index (χ4n) is 2.89. The van der Waals surface area contributed by atoms with Crippen molar-refractivity contribution in [3.05, 3.63) is 71.0 Å². The SMILES string of the molecule is COc1ccc(CCc2n[nH]c(C)c2NC(=O)c2ccccc2OC)cc1. The minimum Gasteiger partial charge on any atom is -0.497 e. The molecule has 3 aromatic rings. The van der Waals surface area contributed by atoms with E-state index < -0.39 is 0 Å². The van der Waals surface area contributed by atoms with E-state index in [1.807, 2.05) is 43.3 Å². The van der Waals surface area contributed by atoms with Crippen molar-refractivity contribution in [3.63, 3.8) is 0 Å². The number of carbonyl (C=O) groups is 1. The third-order valence-electron chi connectivity index (χ3n) is 4.42. The van der Waals surface area contributed by atoms with E-state index in [9.17, 15) is 4.79 Å². The predicted molar refractivity (Wildman–Crippen MR) is 105 cm³/mol. The summed E-state index contributed by atoms with van der Waals surface area (Å²) < 4.78 is 10.5. The van der Waals surface area contributed by atoms with Crippen molar-refractivity contribution in [2.45, 2.75) is 19.8 Å². The van der Waals surface area contributed by atoms with E-state index in [0.717, 1.165) is 29.2 Å². The molecule has 0 aliphatic carbocycles. The summed E-state index contributed by atoms with van der Waals surface area (Å²) in [6.45, 7) is 1.89. The maximum absolute atomic E-state index is 12.7. The molecular weight excluding hydrogens is 342 g/mol. The van der Waals surface area contributed by atoms with Crippen molar-refractivity contribution >= 4 is 11.6 Å². The number of rotatable bonds is 7. The molecule has 0 aliphatic rings. The van der Waals surface area contributed by atoms with Gasteiger partial charge in [-0.3, -0.25) is 9.89 Å². The molecule has 140 valence electrons. The minimum absolute atomic E-state index is 0.220. The lowest BCUT2D eigenvalue weighted by Crippen LogP contribution is -2.14. The van der Waals surface area contributed by atoms with Gasteiger partial charge in [-0.2, -0.15) is 5.10 Å². The van der Waals surface area contributed by atoms with E-state index in [1.165, 1.54) is 5.56 Å². The van der Waals surface area contributed by atoms with Gasteiger partial charge in [-0.05, 0) is 49.6 Å². The van der Waals surface area contributed by atoms with Crippen molar-refractivity contribution in [2.75, 3.05) is 19.5 Å². The Balaban J connectivity index is 1.73. The number of benzene rings is 2. The third-order valence-corrected chi connectivity index (χ3v) is 4.42. The summed E-state index contributed by atoms with van der Waals surface area (Å²) in [7, 11) is 3.20. The average molecular weight is 365 g/mol. The van der Waals surface area contributed by atoms with Crippen LogP contribution in [0.2, 0.25) is 0 Å². The Kier molecular flexibility index (Phi) is 5.76. The minimum atomic E-state index is -0.220. The van der Waals surface area contributed by atoms with Gasteiger partial charge in [-0.1, -0.05) is 24.3 Å². The van der Waals surface area contributed by atoms with Gasteiger partial charge in [0.2, 0.25) is 0 Å². The Morgan fingerprint density at radius 2 is 1.78 bits per heavy atom. The number of methoxy groups -OCH3 is 2. The maximum Gasteiger partial charge on any atom is 0.259 e. The molecule has 6 nitrogen and oxygen atoms in total. The molecule has 27 heavy (non-hydrogen) atoms. The lowest BCUT2D eigenvalue weighted by atomic mass is 10.1. The van der Waals surface area contributed by atoms with Crippen LogP contribution in [0.3, 0.4) is 0 Å². The highest BCUT2D eigenvalue weighted by molar-refractivity contribution is 6.06. The molecule has 6 heteroatoms. The summed E-state index contributed by atoms with van der Waals surface area (Å²) in [5.41, 5.74) is 4.04. The van der Waals surface area contributed by atoms with Crippen LogP contribution in [0.25, 0.3) is 0 Å². The average Bonchev–Trinajstić information content (AvgIpc) is 3.06. The van der Waals surface area contributed by atoms with Crippen LogP contribution in [0, 0.1) is 6.92 Å². The monoisotopic (exact) mass is 365 g/mol. The number of amides is 1. The Hall–Kier alpha value is -3.28. The Bertz CT molecular complexity index is 917. The molecule has 0 spiro atoms. The second-order valence-electron chi connectivity index (χ2n) is 6.17. The Labute approximate surface area is 158 Å². The van der Waals surface area contributed by atoms with Gasteiger partial charge >= 0.3 is 0 Å². The molecule has 0 unspecified atom stereocenters. The molecule has 0 radical (unpaired) electrons. The van der Waals surface area contributed by atoms with Crippen LogP contribution in [-0.2, 0) is 12.8 Å². The van der Waals surface area contributed by atoms with E-state index >= 15 is 0 Å². The molecule has 0 bridgehead atoms. The number of nitrogens with one attached hydrogen (secondary N) is 2. The first kappa shape index (κ1) is 18.5. The van der Waals surface area contributed by atoms with E-state index in [-0.39, 0.29) is 5.91 Å². The fraction of sp³-hybridized carbons (Fsp3) is 0.238. The van der Waals surface area contributed by atoms with Gasteiger partial charge in [0.1, 0.15) is 11.5 Å². The molecule has 0 saturated carbocycles. The first-order valence-corrected chi connectivity index (χ1v) is 8.73. The first-order valence-electron chi connectivity index (χ1n) is 8.73. The highest BCUT2D eigenvalue weighted by atomic mass is 16.5. The van der Waals surface area contributed by atoms with Crippen LogP contribution >= 0.6 is 0 Å². The van der Waals surface area contributed by atoms with Crippen molar-refractivity contribution in [1.29, 1.82) is 0 Å². The predicted octanol–water partition coefficient (Wildman–Crippen LogP) is 3.77. The quantitative estimate of drug-likeness (QED) is 0.668. The second kappa shape index (κ2) is 8.40. The molecule has 2 aromatic carbocycles. The van der Waals surface area contributed by atoms with Crippen molar-refractivity contribution in [2.24, 2.45) is 0 Å². The van der Waals surface area contributed by atoms with Gasteiger partial charge in [0, 0.05) is 0 Å². The molecule has 0 aliphatic heterocycles. The summed E-state index contributed by atoms with van der Waals surface area (Å²) in [6, 6.07) is 15.1. The van der Waals surface area contributed by atoms with Crippen LogP contribution in [0.15, 0.2) is 48.5 Å². The molecule has 3 rings (SSSR count). The number of aryl methyl sites for hydroxylation is 3. The van der Waals surface area contributed by atoms with Gasteiger partial charge in [0.15, 0.2) is 0 Å². The first-order chi connectivity index (χ1) is 13.1. The lowest BCUT2D eigenvalue weighted by Gasteiger charge is -2.10. The molecule has 2 N–H and O–H groups in total. The lowest BCUT2D eigenvalue weighted by molar-refractivity contribution is 0.102. The molecule has 1 heterocycles. The number of aromatic amines is 1. The largest absolute Gasteiger partial charge is 0.497 e. The summed E-state index contributed by atoms with van der Waals surface area (Å²) in [5, 5.41) is 10.3. The molecule has 0 fully saturated rings. The number of anilines is 1. The van der Waals surface area contributed by atoms with Crippen LogP contribution in [0.1, 0.15) is 27.3 Å². The zero-order chi connectivity index (χ0) is 19.2. The number of ether oxygens (including phenoxy) is 2. The normalized spacial score (nSPS) is 10.5. The molecule has 1 amide bonds. The van der Waals surface area contributed by atoms with Crippen molar-refractivity contribution in [1.82, 2.24) is 10.2 Å². The number of hydrogen-bond donors (Lipinski definition) is 2. The molecule has 0 saturated heterocycles. The molecular formula is C21H23N3O3. The van der Waals surface area contributed by atoms with E-state index in [2.05, 4.69) is 15.5 Å². The Morgan fingerprint density at radius 1 is 1.04 bits per heavy atom. The number of hydrogen-bond acceptors (Lipinski definition) is 4. The van der Waals surface area contributed by atoms with Gasteiger partial charge < -0.3 is 14.8 Å². The number of para-hydroxylation sites is 1. The highest BCUT2D eigenvalue weighted by Crippen LogP contribution is 2.23. The molecule has 1 aromatic heterocycles. The topological polar surface area (TPSA) is 76.2 Å². The third kappa shape index (κ3) is 4.28. The summed E-state index contributed by atoms with van der Waals surface area (Å²) in [4.78, 5) is 12.7. The van der Waals surface area contributed by atoms with E-state index in [1.54, 1.807) is 26.4 Å². The van der Waals surface area contributed by atoms with Gasteiger partial charge in [-0.25, -0.2) is 0 Å². The Morgan fingerprint density at radius 3 is 2.48 bits per heavy atom. The zero-order valence-corrected chi connectivity index (χ0v) is 15.7. The van der Waals surface area contributed by atoms with Crippen LogP contribution in [-0.4, -0.2) is 30.3 Å². The van der Waals surface area contributed by atoms with Crippen LogP contribution < -0.4 is 14.8 Å². The number of H-pyrrole nitrogens is 1. The second-order valence-corrected chi connectivity index (χ2v) is 6.17. The number of nitrogens with zero attached hydrogens (tertiary/aromatic N) is 1. The van der Waals surface area contributed by atoms with Gasteiger partial charge in [0.05, 0.1) is 36.9 Å². The number of aromatic nitrogens is 2. The van der Waals surface area contributed by atoms with Crippen LogP contribution in [0.5, 0.6) is 11.5 Å². The standard InChI is InChI=1S/C21H23N3O3/c1-14-20(22-21(25)17-6-4-5-7-19(17)27-3)18(24-23-14)13-10-15-8-11-16(26-2)12-9-15/h4-9,11-12H,10,13H2,1-3H3,(H,22,25)(H,23,24). The highest BCUT2D eigenvalue weighted by Gasteiger charge is 2.17. The van der Waals surface area contributed by atoms with Gasteiger partial charge in [-0.15, -0.1) is 0 Å².